The van der Waals surface area contributed by atoms with Crippen LogP contribution in [-0.4, -0.2) is 18.2 Å². The number of carbonyl (C=O) groups excluding carboxylic acids is 1. The van der Waals surface area contributed by atoms with Crippen molar-refractivity contribution < 1.29 is 11.0 Å². The number of rotatable bonds is 3. The van der Waals surface area contributed by atoms with Gasteiger partial charge >= 0.3 is 6.09 Å². The quantitative estimate of drug-likeness (QED) is 0.741. The molecule has 0 aromatic carbocycles. The highest BCUT2D eigenvalue weighted by molar-refractivity contribution is 5.67. The van der Waals surface area contributed by atoms with E-state index in [2.05, 4.69) is 19.2 Å². The maximum atomic E-state index is 11.1. The van der Waals surface area contributed by atoms with Gasteiger partial charge in [-0.15, -0.1) is 0 Å². The lowest BCUT2D eigenvalue weighted by molar-refractivity contribution is 0.0520. The van der Waals surface area contributed by atoms with Gasteiger partial charge < -0.3 is 10.1 Å². The standard InChI is InChI=1S/C10H21NO2.H2/c1-6-8(2)7-11-9(12)13-10(3,4)5;/h8H,6-7H2,1-5H3,(H,11,12);1H. The van der Waals surface area contributed by atoms with Gasteiger partial charge in [0.1, 0.15) is 5.60 Å². The van der Waals surface area contributed by atoms with E-state index in [1.807, 2.05) is 20.8 Å². The molecule has 0 aromatic rings. The first kappa shape index (κ1) is 12.3. The van der Waals surface area contributed by atoms with Gasteiger partial charge in [0.05, 0.1) is 0 Å². The Morgan fingerprint density at radius 3 is 2.46 bits per heavy atom. The van der Waals surface area contributed by atoms with Crippen LogP contribution >= 0.6 is 0 Å². The largest absolute Gasteiger partial charge is 0.444 e. The summed E-state index contributed by atoms with van der Waals surface area (Å²) in [6.07, 6.45) is 0.739. The molecule has 0 saturated heterocycles. The minimum absolute atomic E-state index is 0. The molecule has 3 heteroatoms. The minimum atomic E-state index is -0.403. The van der Waals surface area contributed by atoms with Crippen LogP contribution in [0.5, 0.6) is 0 Å². The Morgan fingerprint density at radius 2 is 2.08 bits per heavy atom. The number of nitrogens with one attached hydrogen (secondary N) is 1. The van der Waals surface area contributed by atoms with Crippen molar-refractivity contribution in [2.45, 2.75) is 46.6 Å². The van der Waals surface area contributed by atoms with E-state index in [1.54, 1.807) is 0 Å². The summed E-state index contributed by atoms with van der Waals surface area (Å²) in [5, 5.41) is 2.73. The van der Waals surface area contributed by atoms with Gasteiger partial charge in [-0.1, -0.05) is 20.3 Å². The molecule has 0 aromatic heterocycles. The summed E-state index contributed by atoms with van der Waals surface area (Å²) in [4.78, 5) is 11.1. The number of hydrogen-bond acceptors (Lipinski definition) is 2. The average Bonchev–Trinajstić information content (AvgIpc) is 1.97. The van der Waals surface area contributed by atoms with Crippen LogP contribution in [0.4, 0.5) is 4.79 Å². The molecule has 0 bridgehead atoms. The third-order valence-corrected chi connectivity index (χ3v) is 1.69. The molecule has 1 amide bonds. The minimum Gasteiger partial charge on any atom is -0.444 e. The SMILES string of the molecule is CCC(C)CNC(=O)OC(C)(C)C.[HH]. The van der Waals surface area contributed by atoms with Gasteiger partial charge in [0.2, 0.25) is 0 Å². The number of hydrogen-bond donors (Lipinski definition) is 1. The van der Waals surface area contributed by atoms with E-state index < -0.39 is 5.60 Å². The molecular weight excluding hydrogens is 166 g/mol. The van der Waals surface area contributed by atoms with Crippen molar-refractivity contribution in [3.8, 4) is 0 Å². The summed E-state index contributed by atoms with van der Waals surface area (Å²) in [6, 6.07) is 0. The number of alkyl carbamates (subject to hydrolysis) is 1. The van der Waals surface area contributed by atoms with E-state index >= 15 is 0 Å². The van der Waals surface area contributed by atoms with Gasteiger partial charge in [-0.05, 0) is 26.7 Å². The van der Waals surface area contributed by atoms with E-state index in [0.29, 0.717) is 12.5 Å². The molecule has 0 spiro atoms. The van der Waals surface area contributed by atoms with Crippen LogP contribution in [-0.2, 0) is 4.74 Å². The lowest BCUT2D eigenvalue weighted by Gasteiger charge is -2.20. The van der Waals surface area contributed by atoms with Crippen molar-refractivity contribution in [2.75, 3.05) is 6.54 Å². The molecule has 0 heterocycles. The van der Waals surface area contributed by atoms with Gasteiger partial charge in [-0.3, -0.25) is 0 Å². The zero-order chi connectivity index (χ0) is 10.5. The van der Waals surface area contributed by atoms with Gasteiger partial charge in [0, 0.05) is 7.97 Å². The monoisotopic (exact) mass is 189 g/mol. The first-order valence-corrected chi connectivity index (χ1v) is 4.82. The highest BCUT2D eigenvalue weighted by Gasteiger charge is 2.15. The van der Waals surface area contributed by atoms with Gasteiger partial charge in [-0.25, -0.2) is 4.79 Å². The maximum absolute atomic E-state index is 11.1. The molecule has 0 aliphatic carbocycles. The number of ether oxygens (including phenoxy) is 1. The fourth-order valence-corrected chi connectivity index (χ4v) is 0.716. The highest BCUT2D eigenvalue weighted by atomic mass is 16.6. The number of amides is 1. The van der Waals surface area contributed by atoms with Crippen LogP contribution < -0.4 is 5.32 Å². The van der Waals surface area contributed by atoms with Crippen molar-refractivity contribution in [2.24, 2.45) is 5.92 Å². The molecule has 0 fully saturated rings. The van der Waals surface area contributed by atoms with Crippen LogP contribution in [0, 0.1) is 5.92 Å². The summed E-state index contributed by atoms with van der Waals surface area (Å²) >= 11 is 0. The van der Waals surface area contributed by atoms with Crippen LogP contribution in [0.3, 0.4) is 0 Å². The highest BCUT2D eigenvalue weighted by Crippen LogP contribution is 2.06. The molecule has 13 heavy (non-hydrogen) atoms. The first-order valence-electron chi connectivity index (χ1n) is 4.82. The summed E-state index contributed by atoms with van der Waals surface area (Å²) in [6.45, 7) is 10.5. The van der Waals surface area contributed by atoms with Crippen LogP contribution in [0.25, 0.3) is 0 Å². The Bertz CT molecular complexity index is 166. The Balaban J connectivity index is 0. The molecule has 0 rings (SSSR count). The van der Waals surface area contributed by atoms with Crippen molar-refractivity contribution in [3.63, 3.8) is 0 Å². The molecule has 3 nitrogen and oxygen atoms in total. The predicted molar refractivity (Wildman–Crippen MR) is 55.8 cm³/mol. The molecular formula is C10H23NO2. The third kappa shape index (κ3) is 7.62. The Morgan fingerprint density at radius 1 is 1.54 bits per heavy atom. The lowest BCUT2D eigenvalue weighted by Crippen LogP contribution is -2.34. The average molecular weight is 189 g/mol. The van der Waals surface area contributed by atoms with Crippen molar-refractivity contribution in [1.82, 2.24) is 5.32 Å². The Kier molecular flexibility index (Phi) is 4.81. The summed E-state index contributed by atoms with van der Waals surface area (Å²) in [5.74, 6) is 0.507. The maximum Gasteiger partial charge on any atom is 0.407 e. The van der Waals surface area contributed by atoms with Gasteiger partial charge in [0.25, 0.3) is 0 Å². The van der Waals surface area contributed by atoms with E-state index in [9.17, 15) is 4.79 Å². The van der Waals surface area contributed by atoms with Crippen LogP contribution in [0.2, 0.25) is 0 Å². The van der Waals surface area contributed by atoms with E-state index in [0.717, 1.165) is 6.42 Å². The van der Waals surface area contributed by atoms with E-state index in [1.165, 1.54) is 0 Å². The fraction of sp³-hybridized carbons (Fsp3) is 0.900. The molecule has 0 radical (unpaired) electrons. The second kappa shape index (κ2) is 5.10. The molecule has 80 valence electrons. The molecule has 0 aliphatic rings. The van der Waals surface area contributed by atoms with Crippen molar-refractivity contribution in [3.05, 3.63) is 0 Å². The van der Waals surface area contributed by atoms with Gasteiger partial charge in [0.15, 0.2) is 0 Å². The number of carbonyl (C=O) groups is 1. The van der Waals surface area contributed by atoms with E-state index in [4.69, 9.17) is 4.74 Å². The van der Waals surface area contributed by atoms with Crippen LogP contribution in [0.15, 0.2) is 0 Å². The van der Waals surface area contributed by atoms with Crippen LogP contribution in [0.1, 0.15) is 42.5 Å². The normalized spacial score (nSPS) is 13.6. The summed E-state index contributed by atoms with van der Waals surface area (Å²) in [5.41, 5.74) is -0.403. The molecule has 1 N–H and O–H groups in total. The van der Waals surface area contributed by atoms with Crippen molar-refractivity contribution in [1.29, 1.82) is 0 Å². The third-order valence-electron chi connectivity index (χ3n) is 1.69. The first-order chi connectivity index (χ1) is 5.85. The Labute approximate surface area is 82.3 Å². The smallest absolute Gasteiger partial charge is 0.407 e. The molecule has 0 aliphatic heterocycles. The lowest BCUT2D eigenvalue weighted by atomic mass is 10.1. The fourth-order valence-electron chi connectivity index (χ4n) is 0.716. The van der Waals surface area contributed by atoms with Gasteiger partial charge in [-0.2, -0.15) is 0 Å². The summed E-state index contributed by atoms with van der Waals surface area (Å²) in [7, 11) is 0. The zero-order valence-electron chi connectivity index (χ0n) is 9.31. The topological polar surface area (TPSA) is 38.3 Å². The van der Waals surface area contributed by atoms with Crippen molar-refractivity contribution >= 4 is 6.09 Å². The summed E-state index contributed by atoms with van der Waals surface area (Å²) < 4.78 is 5.08. The molecule has 0 saturated carbocycles. The predicted octanol–water partition coefficient (Wildman–Crippen LogP) is 2.80. The zero-order valence-corrected chi connectivity index (χ0v) is 9.31. The second-order valence-corrected chi connectivity index (χ2v) is 4.40. The molecule has 1 atom stereocenters. The van der Waals surface area contributed by atoms with E-state index in [-0.39, 0.29) is 7.52 Å². The molecule has 1 unspecified atom stereocenters. The Hall–Kier alpha value is -0.730. The second-order valence-electron chi connectivity index (χ2n) is 4.40.